The number of hydrogen-bond donors (Lipinski definition) is 2. The van der Waals surface area contributed by atoms with Crippen LogP contribution in [0.1, 0.15) is 36.3 Å². The van der Waals surface area contributed by atoms with Crippen molar-refractivity contribution in [2.45, 2.75) is 31.8 Å². The van der Waals surface area contributed by atoms with E-state index >= 15 is 0 Å². The molecule has 4 aromatic rings. The van der Waals surface area contributed by atoms with Crippen molar-refractivity contribution in [1.82, 2.24) is 14.9 Å². The number of nitrogens with zero attached hydrogens (tertiary/aromatic N) is 3. The number of benzene rings is 3. The summed E-state index contributed by atoms with van der Waals surface area (Å²) < 4.78 is 31.2. The number of ether oxygens (including phenoxy) is 3. The number of fused-ring (bicyclic) bond motifs is 1. The lowest BCUT2D eigenvalue weighted by Gasteiger charge is -2.26. The molecule has 1 saturated heterocycles. The minimum absolute atomic E-state index is 0.281. The molecule has 11 heteroatoms. The summed E-state index contributed by atoms with van der Waals surface area (Å²) in [4.78, 5) is 23.4. The highest BCUT2D eigenvalue weighted by atomic mass is 35.5. The molecule has 45 heavy (non-hydrogen) atoms. The van der Waals surface area contributed by atoms with Gasteiger partial charge in [0.25, 0.3) is 5.91 Å². The number of morpholine rings is 1. The Balaban J connectivity index is 1.17. The Morgan fingerprint density at radius 2 is 1.89 bits per heavy atom. The van der Waals surface area contributed by atoms with Gasteiger partial charge in [-0.2, -0.15) is 0 Å². The highest BCUT2D eigenvalue weighted by molar-refractivity contribution is 6.32. The average Bonchev–Trinajstić information content (AvgIpc) is 3.89. The molecular formula is C34H35ClFN5O4. The number of rotatable bonds is 13. The molecule has 2 fully saturated rings. The first kappa shape index (κ1) is 30.8. The van der Waals surface area contributed by atoms with Crippen LogP contribution in [-0.2, 0) is 16.1 Å². The molecule has 6 rings (SSSR count). The predicted molar refractivity (Wildman–Crippen MR) is 173 cm³/mol. The first-order valence-corrected chi connectivity index (χ1v) is 15.5. The first-order chi connectivity index (χ1) is 21.9. The monoisotopic (exact) mass is 631 g/mol. The van der Waals surface area contributed by atoms with Crippen LogP contribution in [0, 0.1) is 0 Å². The average molecular weight is 632 g/mol. The zero-order chi connectivity index (χ0) is 31.2. The number of amides is 1. The molecule has 0 radical (unpaired) electrons. The summed E-state index contributed by atoms with van der Waals surface area (Å²) >= 11 is 6.62. The maximum Gasteiger partial charge on any atom is 0.283 e. The van der Waals surface area contributed by atoms with Gasteiger partial charge in [-0.1, -0.05) is 42.4 Å². The number of carbonyl (C=O) groups is 1. The van der Waals surface area contributed by atoms with Crippen LogP contribution < -0.4 is 20.1 Å². The molecule has 1 aromatic heterocycles. The lowest BCUT2D eigenvalue weighted by atomic mass is 10.0. The Morgan fingerprint density at radius 3 is 2.67 bits per heavy atom. The molecule has 0 spiro atoms. The van der Waals surface area contributed by atoms with Crippen LogP contribution >= 0.6 is 11.6 Å². The SMILES string of the molecule is C=C(F)C(=O)Nc1cc2c(Nc3ccc(OCc4ccccc4C4CC4)c(Cl)c3)ncnc2cc1OCCCN1CCOCC1. The highest BCUT2D eigenvalue weighted by Crippen LogP contribution is 2.42. The fourth-order valence-corrected chi connectivity index (χ4v) is 5.57. The van der Waals surface area contributed by atoms with Crippen molar-refractivity contribution in [2.75, 3.05) is 50.1 Å². The molecular weight excluding hydrogens is 597 g/mol. The van der Waals surface area contributed by atoms with E-state index in [2.05, 4.69) is 50.3 Å². The van der Waals surface area contributed by atoms with Crippen LogP contribution in [0.25, 0.3) is 10.9 Å². The molecule has 2 aliphatic rings. The van der Waals surface area contributed by atoms with Crippen LogP contribution in [0.4, 0.5) is 21.6 Å². The maximum atomic E-state index is 13.7. The van der Waals surface area contributed by atoms with E-state index in [0.717, 1.165) is 39.3 Å². The van der Waals surface area contributed by atoms with Crippen molar-refractivity contribution in [3.8, 4) is 11.5 Å². The standard InChI is InChI=1S/C34H35ClFN5O4/c1-22(36)34(42)40-30-18-27-29(19-32(30)44-14-4-11-41-12-15-43-16-13-41)37-21-38-33(27)39-25-9-10-31(28(35)17-25)45-20-24-5-2-3-6-26(24)23-7-8-23/h2-3,5-6,9-10,17-19,21,23H,1,4,7-8,11-16,20H2,(H,40,42)(H,37,38,39). The number of hydrogen-bond acceptors (Lipinski definition) is 8. The van der Waals surface area contributed by atoms with Gasteiger partial charge in [0, 0.05) is 36.8 Å². The summed E-state index contributed by atoms with van der Waals surface area (Å²) in [5.41, 5.74) is 4.05. The molecule has 2 heterocycles. The molecule has 9 nitrogen and oxygen atoms in total. The smallest absolute Gasteiger partial charge is 0.283 e. The van der Waals surface area contributed by atoms with E-state index in [1.807, 2.05) is 18.2 Å². The third-order valence-electron chi connectivity index (χ3n) is 7.86. The van der Waals surface area contributed by atoms with Gasteiger partial charge in [-0.15, -0.1) is 0 Å². The van der Waals surface area contributed by atoms with E-state index < -0.39 is 11.7 Å². The van der Waals surface area contributed by atoms with Gasteiger partial charge in [0.2, 0.25) is 0 Å². The van der Waals surface area contributed by atoms with Gasteiger partial charge in [0.1, 0.15) is 30.3 Å². The zero-order valence-corrected chi connectivity index (χ0v) is 25.6. The van der Waals surface area contributed by atoms with Crippen molar-refractivity contribution in [2.24, 2.45) is 0 Å². The van der Waals surface area contributed by atoms with Gasteiger partial charge in [-0.25, -0.2) is 14.4 Å². The summed E-state index contributed by atoms with van der Waals surface area (Å²) in [5.74, 6) is -0.0209. The third kappa shape index (κ3) is 7.89. The minimum atomic E-state index is -1.11. The summed E-state index contributed by atoms with van der Waals surface area (Å²) in [6, 6.07) is 17.2. The highest BCUT2D eigenvalue weighted by Gasteiger charge is 2.25. The first-order valence-electron chi connectivity index (χ1n) is 15.1. The lowest BCUT2D eigenvalue weighted by Crippen LogP contribution is -2.37. The molecule has 1 saturated carbocycles. The summed E-state index contributed by atoms with van der Waals surface area (Å²) in [7, 11) is 0. The number of halogens is 2. The number of anilines is 3. The molecule has 1 aliphatic carbocycles. The Morgan fingerprint density at radius 1 is 1.07 bits per heavy atom. The largest absolute Gasteiger partial charge is 0.491 e. The molecule has 0 unspecified atom stereocenters. The fourth-order valence-electron chi connectivity index (χ4n) is 5.33. The number of nitrogens with one attached hydrogen (secondary N) is 2. The van der Waals surface area contributed by atoms with Crippen molar-refractivity contribution in [1.29, 1.82) is 0 Å². The lowest BCUT2D eigenvalue weighted by molar-refractivity contribution is -0.114. The van der Waals surface area contributed by atoms with Gasteiger partial charge >= 0.3 is 0 Å². The van der Waals surface area contributed by atoms with Gasteiger partial charge < -0.3 is 24.8 Å². The van der Waals surface area contributed by atoms with Crippen LogP contribution in [0.15, 0.2) is 73.3 Å². The Labute approximate surface area is 266 Å². The van der Waals surface area contributed by atoms with E-state index in [1.165, 1.54) is 30.3 Å². The Bertz CT molecular complexity index is 1690. The van der Waals surface area contributed by atoms with Crippen molar-refractivity contribution in [3.63, 3.8) is 0 Å². The molecule has 1 amide bonds. The number of carbonyl (C=O) groups excluding carboxylic acids is 1. The van der Waals surface area contributed by atoms with Gasteiger partial charge in [-0.05, 0) is 60.6 Å². The van der Waals surface area contributed by atoms with Crippen LogP contribution in [0.3, 0.4) is 0 Å². The van der Waals surface area contributed by atoms with E-state index in [1.54, 1.807) is 18.2 Å². The van der Waals surface area contributed by atoms with E-state index in [0.29, 0.717) is 58.1 Å². The topological polar surface area (TPSA) is 97.8 Å². The van der Waals surface area contributed by atoms with Gasteiger partial charge in [-0.3, -0.25) is 9.69 Å². The van der Waals surface area contributed by atoms with E-state index in [4.69, 9.17) is 25.8 Å². The van der Waals surface area contributed by atoms with E-state index in [9.17, 15) is 9.18 Å². The second-order valence-corrected chi connectivity index (χ2v) is 11.5. The van der Waals surface area contributed by atoms with Crippen molar-refractivity contribution >= 4 is 45.6 Å². The Hall–Kier alpha value is -4.25. The van der Waals surface area contributed by atoms with Gasteiger partial charge in [0.15, 0.2) is 5.83 Å². The van der Waals surface area contributed by atoms with Crippen LogP contribution in [0.5, 0.6) is 11.5 Å². The molecule has 0 atom stereocenters. The van der Waals surface area contributed by atoms with Crippen molar-refractivity contribution in [3.05, 3.63) is 89.5 Å². The summed E-state index contributed by atoms with van der Waals surface area (Å²) in [6.07, 6.45) is 4.65. The predicted octanol–water partition coefficient (Wildman–Crippen LogP) is 7.01. The molecule has 0 bridgehead atoms. The molecule has 2 N–H and O–H groups in total. The normalized spacial score (nSPS) is 15.1. The maximum absolute atomic E-state index is 13.7. The van der Waals surface area contributed by atoms with E-state index in [-0.39, 0.29) is 5.69 Å². The summed E-state index contributed by atoms with van der Waals surface area (Å²) in [6.45, 7) is 8.03. The minimum Gasteiger partial charge on any atom is -0.491 e. The van der Waals surface area contributed by atoms with Crippen molar-refractivity contribution < 1.29 is 23.4 Å². The number of aromatic nitrogens is 2. The van der Waals surface area contributed by atoms with Gasteiger partial charge in [0.05, 0.1) is 36.0 Å². The zero-order valence-electron chi connectivity index (χ0n) is 24.9. The molecule has 1 aliphatic heterocycles. The van der Waals surface area contributed by atoms with Crippen LogP contribution in [0.2, 0.25) is 5.02 Å². The Kier molecular flexibility index (Phi) is 9.73. The molecule has 234 valence electrons. The van der Waals surface area contributed by atoms with Crippen LogP contribution in [-0.4, -0.2) is 60.2 Å². The summed E-state index contributed by atoms with van der Waals surface area (Å²) in [5, 5.41) is 6.87. The second kappa shape index (κ2) is 14.2. The third-order valence-corrected chi connectivity index (χ3v) is 8.16. The second-order valence-electron chi connectivity index (χ2n) is 11.1. The molecule has 3 aromatic carbocycles. The quantitative estimate of drug-likeness (QED) is 0.120. The fraction of sp³-hybridized carbons (Fsp3) is 0.324.